The summed E-state index contributed by atoms with van der Waals surface area (Å²) in [7, 11) is 3.90. The lowest BCUT2D eigenvalue weighted by atomic mass is 9.86. The molecular weight excluding hydrogens is 579 g/mol. The van der Waals surface area contributed by atoms with E-state index >= 15 is 0 Å². The summed E-state index contributed by atoms with van der Waals surface area (Å²) in [6.07, 6.45) is -1.62. The molecule has 17 heteroatoms. The van der Waals surface area contributed by atoms with Gasteiger partial charge in [0.05, 0.1) is 27.0 Å². The molecule has 0 unspecified atom stereocenters. The number of nitrogens with zero attached hydrogens (tertiary/aromatic N) is 5. The number of carboxylic acid groups (broad SMARTS) is 1. The molecule has 0 atom stereocenters. The van der Waals surface area contributed by atoms with Crippen molar-refractivity contribution in [3.63, 3.8) is 0 Å². The van der Waals surface area contributed by atoms with Crippen LogP contribution in [0, 0.1) is 26.1 Å². The quantitative estimate of drug-likeness (QED) is 0.240. The van der Waals surface area contributed by atoms with Crippen LogP contribution in [0.4, 0.5) is 36.3 Å². The Hall–Kier alpha value is -5.09. The van der Waals surface area contributed by atoms with Gasteiger partial charge in [0.15, 0.2) is 0 Å². The number of halogens is 3. The Kier molecular flexibility index (Phi) is 10.3. The molecule has 1 saturated carbocycles. The summed E-state index contributed by atoms with van der Waals surface area (Å²) >= 11 is 0. The number of nitro groups is 2. The van der Waals surface area contributed by atoms with E-state index in [2.05, 4.69) is 15.6 Å². The van der Waals surface area contributed by atoms with Crippen molar-refractivity contribution in [2.75, 3.05) is 30.9 Å². The number of para-hydroxylation sites is 1. The van der Waals surface area contributed by atoms with E-state index in [9.17, 15) is 38.2 Å². The average Bonchev–Trinajstić information content (AvgIpc) is 2.95. The summed E-state index contributed by atoms with van der Waals surface area (Å²) in [6.45, 7) is 0.388. The normalized spacial score (nSPS) is 16.4. The van der Waals surface area contributed by atoms with Crippen molar-refractivity contribution in [2.24, 2.45) is 5.92 Å². The van der Waals surface area contributed by atoms with Gasteiger partial charge < -0.3 is 20.6 Å². The van der Waals surface area contributed by atoms with E-state index in [0.717, 1.165) is 60.6 Å². The first-order valence-electron chi connectivity index (χ1n) is 12.9. The zero-order valence-electron chi connectivity index (χ0n) is 23.0. The van der Waals surface area contributed by atoms with Gasteiger partial charge in [-0.1, -0.05) is 12.1 Å². The number of nitro benzene ring substituents is 2. The van der Waals surface area contributed by atoms with E-state index in [1.165, 1.54) is 0 Å². The highest BCUT2D eigenvalue weighted by Gasteiger charge is 2.38. The fourth-order valence-corrected chi connectivity index (χ4v) is 4.43. The molecule has 2 aromatic carbocycles. The second-order valence-electron chi connectivity index (χ2n) is 9.91. The third-order valence-electron chi connectivity index (χ3n) is 6.57. The van der Waals surface area contributed by atoms with E-state index in [1.807, 2.05) is 43.3 Å². The number of amides is 1. The Morgan fingerprint density at radius 1 is 1.00 bits per heavy atom. The molecule has 1 aliphatic carbocycles. The first kappa shape index (κ1) is 32.4. The van der Waals surface area contributed by atoms with Crippen LogP contribution < -0.4 is 15.5 Å². The van der Waals surface area contributed by atoms with Crippen LogP contribution in [0.1, 0.15) is 36.0 Å². The van der Waals surface area contributed by atoms with Gasteiger partial charge >= 0.3 is 12.1 Å². The Labute approximate surface area is 242 Å². The Morgan fingerprint density at radius 2 is 1.56 bits per heavy atom. The number of benzene rings is 2. The van der Waals surface area contributed by atoms with Crippen molar-refractivity contribution in [2.45, 2.75) is 37.9 Å². The highest BCUT2D eigenvalue weighted by molar-refractivity contribution is 5.95. The topological polar surface area (TPSA) is 194 Å². The molecular formula is C26H28F3N7O7. The molecule has 3 aromatic rings. The second kappa shape index (κ2) is 13.7. The number of aliphatic carboxylic acids is 1. The largest absolute Gasteiger partial charge is 0.490 e. The number of non-ortho nitro benzene ring substituents is 2. The molecule has 1 aliphatic rings. The summed E-state index contributed by atoms with van der Waals surface area (Å²) in [4.78, 5) is 53.4. The lowest BCUT2D eigenvalue weighted by Crippen LogP contribution is -2.34. The zero-order valence-corrected chi connectivity index (χ0v) is 23.0. The number of aromatic nitrogens is 2. The highest BCUT2D eigenvalue weighted by atomic mass is 19.4. The number of carbonyl (C=O) groups is 2. The molecule has 1 fully saturated rings. The maximum atomic E-state index is 12.5. The van der Waals surface area contributed by atoms with Crippen molar-refractivity contribution in [1.29, 1.82) is 0 Å². The van der Waals surface area contributed by atoms with Gasteiger partial charge in [0.1, 0.15) is 5.82 Å². The molecule has 0 saturated heterocycles. The summed E-state index contributed by atoms with van der Waals surface area (Å²) in [6, 6.07) is 11.0. The molecule has 1 heterocycles. The minimum atomic E-state index is -5.08. The monoisotopic (exact) mass is 607 g/mol. The van der Waals surface area contributed by atoms with E-state index in [4.69, 9.17) is 14.9 Å². The third-order valence-corrected chi connectivity index (χ3v) is 6.57. The molecule has 1 aromatic heterocycles. The number of anilines is 2. The van der Waals surface area contributed by atoms with Gasteiger partial charge in [0.25, 0.3) is 17.3 Å². The third kappa shape index (κ3) is 8.95. The molecule has 43 heavy (non-hydrogen) atoms. The Balaban J connectivity index is 0.000000646. The number of alkyl halides is 3. The Morgan fingerprint density at radius 3 is 2.07 bits per heavy atom. The van der Waals surface area contributed by atoms with Crippen LogP contribution in [0.15, 0.2) is 42.5 Å². The zero-order chi connectivity index (χ0) is 31.9. The van der Waals surface area contributed by atoms with Gasteiger partial charge in [-0.2, -0.15) is 18.2 Å². The maximum absolute atomic E-state index is 12.5. The summed E-state index contributed by atoms with van der Waals surface area (Å²) in [5.41, 5.74) is -0.212. The van der Waals surface area contributed by atoms with Crippen molar-refractivity contribution >= 4 is 45.9 Å². The smallest absolute Gasteiger partial charge is 0.475 e. The van der Waals surface area contributed by atoms with Crippen molar-refractivity contribution < 1.29 is 37.7 Å². The van der Waals surface area contributed by atoms with Crippen LogP contribution in [-0.4, -0.2) is 69.7 Å². The number of rotatable bonds is 8. The van der Waals surface area contributed by atoms with E-state index < -0.39 is 39.3 Å². The number of hydrogen-bond acceptors (Lipinski definition) is 10. The molecule has 4 rings (SSSR count). The molecule has 14 nitrogen and oxygen atoms in total. The number of carboxylic acids is 1. The maximum Gasteiger partial charge on any atom is 0.490 e. The predicted octanol–water partition coefficient (Wildman–Crippen LogP) is 4.55. The fraction of sp³-hybridized carbons (Fsp3) is 0.385. The fourth-order valence-electron chi connectivity index (χ4n) is 4.43. The van der Waals surface area contributed by atoms with Crippen molar-refractivity contribution in [3.8, 4) is 0 Å². The van der Waals surface area contributed by atoms with Crippen LogP contribution in [-0.2, 0) is 4.79 Å². The van der Waals surface area contributed by atoms with Crippen LogP contribution in [0.3, 0.4) is 0 Å². The van der Waals surface area contributed by atoms with E-state index in [-0.39, 0.29) is 17.5 Å². The summed E-state index contributed by atoms with van der Waals surface area (Å²) in [5.74, 6) is -1.66. The number of hydrogen-bond donors (Lipinski definition) is 3. The van der Waals surface area contributed by atoms with Gasteiger partial charge in [0.2, 0.25) is 5.95 Å². The highest BCUT2D eigenvalue weighted by Crippen LogP contribution is 2.29. The molecule has 0 radical (unpaired) electrons. The van der Waals surface area contributed by atoms with E-state index in [0.29, 0.717) is 12.5 Å². The SMILES string of the molecule is CN(C)c1nc(NC2CCC(CNC(=O)c3cc([N+](=O)[O-])cc([N+](=O)[O-])c3)CC2)nc2ccccc12.O=C(O)C(F)(F)F. The van der Waals surface area contributed by atoms with Gasteiger partial charge in [0, 0.05) is 44.2 Å². The predicted molar refractivity (Wildman–Crippen MR) is 149 cm³/mol. The second-order valence-corrected chi connectivity index (χ2v) is 9.91. The van der Waals surface area contributed by atoms with Crippen LogP contribution in [0.25, 0.3) is 10.9 Å². The number of nitrogens with one attached hydrogen (secondary N) is 2. The summed E-state index contributed by atoms with van der Waals surface area (Å²) in [5, 5.41) is 36.5. The minimum Gasteiger partial charge on any atom is -0.475 e. The van der Waals surface area contributed by atoms with Gasteiger partial charge in [-0.25, -0.2) is 9.78 Å². The number of carbonyl (C=O) groups excluding carboxylic acids is 1. The molecule has 0 aliphatic heterocycles. The van der Waals surface area contributed by atoms with Crippen molar-refractivity contribution in [1.82, 2.24) is 15.3 Å². The molecule has 3 N–H and O–H groups in total. The molecule has 0 spiro atoms. The van der Waals surface area contributed by atoms with Crippen LogP contribution in [0.2, 0.25) is 0 Å². The van der Waals surface area contributed by atoms with Crippen LogP contribution in [0.5, 0.6) is 0 Å². The first-order chi connectivity index (χ1) is 20.1. The van der Waals surface area contributed by atoms with Gasteiger partial charge in [-0.05, 0) is 43.7 Å². The standard InChI is InChI=1S/C24H27N7O5.C2HF3O2/c1-29(2)22-20-5-3-4-6-21(20)27-24(28-22)26-17-9-7-15(8-10-17)14-25-23(32)16-11-18(30(33)34)13-19(12-16)31(35)36;3-2(4,5)1(6)7/h3-6,11-13,15,17H,7-10,14H2,1-2H3,(H,25,32)(H,26,27,28);(H,6,7). The lowest BCUT2D eigenvalue weighted by molar-refractivity contribution is -0.394. The van der Waals surface area contributed by atoms with Crippen molar-refractivity contribution in [3.05, 3.63) is 68.3 Å². The number of fused-ring (bicyclic) bond motifs is 1. The molecule has 1 amide bonds. The average molecular weight is 608 g/mol. The van der Waals surface area contributed by atoms with E-state index in [1.54, 1.807) is 0 Å². The lowest BCUT2D eigenvalue weighted by Gasteiger charge is -2.29. The molecule has 0 bridgehead atoms. The summed E-state index contributed by atoms with van der Waals surface area (Å²) < 4.78 is 31.7. The van der Waals surface area contributed by atoms with Gasteiger partial charge in [-0.15, -0.1) is 0 Å². The van der Waals surface area contributed by atoms with Gasteiger partial charge in [-0.3, -0.25) is 25.0 Å². The van der Waals surface area contributed by atoms with Crippen LogP contribution >= 0.6 is 0 Å². The minimum absolute atomic E-state index is 0.101. The molecule has 230 valence electrons. The first-order valence-corrected chi connectivity index (χ1v) is 12.9. The Bertz CT molecular complexity index is 1480.